The number of likely N-dealkylation sites (tertiary alicyclic amines) is 2. The number of nitrogens with zero attached hydrogens (tertiary/aromatic N) is 4. The van der Waals surface area contributed by atoms with Crippen molar-refractivity contribution in [3.05, 3.63) is 53.3 Å². The number of aromatic nitrogens is 2. The van der Waals surface area contributed by atoms with E-state index < -0.39 is 0 Å². The molecule has 2 aliphatic heterocycles. The number of carbonyl (C=O) groups is 2. The third kappa shape index (κ3) is 4.25. The van der Waals surface area contributed by atoms with Gasteiger partial charge in [0.1, 0.15) is 0 Å². The van der Waals surface area contributed by atoms with E-state index in [0.29, 0.717) is 37.0 Å². The predicted molar refractivity (Wildman–Crippen MR) is 120 cm³/mol. The van der Waals surface area contributed by atoms with Crippen LogP contribution in [0.5, 0.6) is 0 Å². The van der Waals surface area contributed by atoms with Gasteiger partial charge in [0.15, 0.2) is 0 Å². The fourth-order valence-electron chi connectivity index (χ4n) is 5.30. The van der Waals surface area contributed by atoms with Crippen molar-refractivity contribution in [1.82, 2.24) is 19.6 Å². The first-order valence-corrected chi connectivity index (χ1v) is 11.5. The summed E-state index contributed by atoms with van der Waals surface area (Å²) in [5, 5.41) is 4.21. The van der Waals surface area contributed by atoms with Gasteiger partial charge >= 0.3 is 0 Å². The lowest BCUT2D eigenvalue weighted by Gasteiger charge is -2.43. The largest absolute Gasteiger partial charge is 0.339 e. The molecule has 0 saturated carbocycles. The van der Waals surface area contributed by atoms with E-state index in [9.17, 15) is 9.59 Å². The number of rotatable bonds is 4. The second-order valence-corrected chi connectivity index (χ2v) is 9.42. The number of piperidine rings is 1. The molecule has 166 valence electrons. The number of hydrogen-bond acceptors (Lipinski definition) is 3. The van der Waals surface area contributed by atoms with E-state index in [-0.39, 0.29) is 11.3 Å². The molecule has 1 atom stereocenters. The van der Waals surface area contributed by atoms with Crippen LogP contribution in [0.3, 0.4) is 0 Å². The molecule has 0 aliphatic carbocycles. The van der Waals surface area contributed by atoms with Gasteiger partial charge in [0.2, 0.25) is 5.91 Å². The summed E-state index contributed by atoms with van der Waals surface area (Å²) >= 11 is 0. The van der Waals surface area contributed by atoms with E-state index in [1.807, 2.05) is 37.1 Å². The summed E-state index contributed by atoms with van der Waals surface area (Å²) in [6.45, 7) is 7.04. The van der Waals surface area contributed by atoms with Gasteiger partial charge in [-0.25, -0.2) is 0 Å². The molecule has 4 rings (SSSR count). The number of aryl methyl sites for hydroxylation is 1. The zero-order chi connectivity index (χ0) is 22.0. The van der Waals surface area contributed by atoms with Crippen molar-refractivity contribution in [3.63, 3.8) is 0 Å². The van der Waals surface area contributed by atoms with Gasteiger partial charge in [0, 0.05) is 44.3 Å². The molecule has 1 aromatic carbocycles. The van der Waals surface area contributed by atoms with E-state index in [2.05, 4.69) is 29.1 Å². The van der Waals surface area contributed by atoms with Crippen molar-refractivity contribution < 1.29 is 9.59 Å². The van der Waals surface area contributed by atoms with E-state index in [1.165, 1.54) is 5.56 Å². The zero-order valence-electron chi connectivity index (χ0n) is 19.0. The minimum atomic E-state index is -0.343. The molecule has 2 aliphatic rings. The standard InChI is InChI=1S/C25H34N4O2/c1-19-22(17-26-27(19)3)23(30)28-15-11-21(12-16-28)25(2)13-7-8-14-29(24(25)31)18-20-9-5-4-6-10-20/h4-6,9-10,17,21H,7-8,11-16,18H2,1-3H3/t25-/m0/s1. The molecule has 6 heteroatoms. The smallest absolute Gasteiger partial charge is 0.257 e. The molecule has 31 heavy (non-hydrogen) atoms. The highest BCUT2D eigenvalue weighted by Gasteiger charge is 2.45. The molecule has 3 heterocycles. The molecule has 2 fully saturated rings. The third-order valence-electron chi connectivity index (χ3n) is 7.52. The van der Waals surface area contributed by atoms with Crippen molar-refractivity contribution in [2.75, 3.05) is 19.6 Å². The first kappa shape index (κ1) is 21.6. The number of benzene rings is 1. The minimum Gasteiger partial charge on any atom is -0.339 e. The van der Waals surface area contributed by atoms with Gasteiger partial charge in [-0.15, -0.1) is 0 Å². The molecule has 0 bridgehead atoms. The van der Waals surface area contributed by atoms with Crippen LogP contribution in [0.1, 0.15) is 60.6 Å². The van der Waals surface area contributed by atoms with Gasteiger partial charge in [0.25, 0.3) is 5.91 Å². The van der Waals surface area contributed by atoms with Crippen LogP contribution in [-0.2, 0) is 18.4 Å². The van der Waals surface area contributed by atoms with Crippen LogP contribution < -0.4 is 0 Å². The zero-order valence-corrected chi connectivity index (χ0v) is 19.0. The van der Waals surface area contributed by atoms with E-state index in [1.54, 1.807) is 10.9 Å². The molecule has 2 saturated heterocycles. The Morgan fingerprint density at radius 2 is 1.84 bits per heavy atom. The third-order valence-corrected chi connectivity index (χ3v) is 7.52. The Morgan fingerprint density at radius 1 is 1.13 bits per heavy atom. The van der Waals surface area contributed by atoms with Gasteiger partial charge in [-0.2, -0.15) is 5.10 Å². The van der Waals surface area contributed by atoms with Crippen LogP contribution in [0.25, 0.3) is 0 Å². The lowest BCUT2D eigenvalue weighted by atomic mass is 9.69. The summed E-state index contributed by atoms with van der Waals surface area (Å²) in [5.41, 5.74) is 2.43. The number of hydrogen-bond donors (Lipinski definition) is 0. The maximum absolute atomic E-state index is 13.7. The SMILES string of the molecule is Cc1c(C(=O)N2CCC([C@]3(C)CCCCN(Cc4ccccc4)C3=O)CC2)cnn1C. The van der Waals surface area contributed by atoms with E-state index in [0.717, 1.165) is 44.3 Å². The van der Waals surface area contributed by atoms with Gasteiger partial charge in [-0.3, -0.25) is 14.3 Å². The van der Waals surface area contributed by atoms with Crippen LogP contribution >= 0.6 is 0 Å². The molecule has 6 nitrogen and oxygen atoms in total. The molecule has 0 radical (unpaired) electrons. The van der Waals surface area contributed by atoms with Crippen molar-refractivity contribution in [3.8, 4) is 0 Å². The van der Waals surface area contributed by atoms with Crippen LogP contribution in [0.2, 0.25) is 0 Å². The monoisotopic (exact) mass is 422 g/mol. The van der Waals surface area contributed by atoms with E-state index >= 15 is 0 Å². The maximum atomic E-state index is 13.7. The van der Waals surface area contributed by atoms with Gasteiger partial charge in [-0.05, 0) is 44.1 Å². The molecule has 2 aromatic rings. The lowest BCUT2D eigenvalue weighted by Crippen LogP contribution is -2.49. The summed E-state index contributed by atoms with van der Waals surface area (Å²) in [6.07, 6.45) is 6.52. The molecular formula is C25H34N4O2. The van der Waals surface area contributed by atoms with Crippen molar-refractivity contribution in [2.24, 2.45) is 18.4 Å². The summed E-state index contributed by atoms with van der Waals surface area (Å²) in [4.78, 5) is 30.7. The van der Waals surface area contributed by atoms with Gasteiger partial charge in [-0.1, -0.05) is 43.7 Å². The Balaban J connectivity index is 1.44. The normalized spacial score (nSPS) is 23.1. The van der Waals surface area contributed by atoms with E-state index in [4.69, 9.17) is 0 Å². The molecule has 0 spiro atoms. The summed E-state index contributed by atoms with van der Waals surface area (Å²) < 4.78 is 1.74. The van der Waals surface area contributed by atoms with Crippen LogP contribution in [0, 0.1) is 18.3 Å². The Hall–Kier alpha value is -2.63. The molecule has 1 aromatic heterocycles. The Bertz CT molecular complexity index is 930. The fourth-order valence-corrected chi connectivity index (χ4v) is 5.30. The minimum absolute atomic E-state index is 0.0621. The molecule has 2 amide bonds. The van der Waals surface area contributed by atoms with Crippen molar-refractivity contribution >= 4 is 11.8 Å². The topological polar surface area (TPSA) is 58.4 Å². The highest BCUT2D eigenvalue weighted by atomic mass is 16.2. The summed E-state index contributed by atoms with van der Waals surface area (Å²) in [7, 11) is 1.86. The molecule has 0 N–H and O–H groups in total. The highest BCUT2D eigenvalue weighted by molar-refractivity contribution is 5.95. The summed E-state index contributed by atoms with van der Waals surface area (Å²) in [6, 6.07) is 10.3. The maximum Gasteiger partial charge on any atom is 0.257 e. The summed E-state index contributed by atoms with van der Waals surface area (Å²) in [5.74, 6) is 0.671. The first-order valence-electron chi connectivity index (χ1n) is 11.5. The Kier molecular flexibility index (Phi) is 6.17. The van der Waals surface area contributed by atoms with Crippen LogP contribution in [0.15, 0.2) is 36.5 Å². The van der Waals surface area contributed by atoms with Crippen molar-refractivity contribution in [1.29, 1.82) is 0 Å². The van der Waals surface area contributed by atoms with Crippen LogP contribution in [-0.4, -0.2) is 51.0 Å². The predicted octanol–water partition coefficient (Wildman–Crippen LogP) is 3.80. The second-order valence-electron chi connectivity index (χ2n) is 9.42. The lowest BCUT2D eigenvalue weighted by molar-refractivity contribution is -0.145. The quantitative estimate of drug-likeness (QED) is 0.753. The fraction of sp³-hybridized carbons (Fsp3) is 0.560. The Morgan fingerprint density at radius 3 is 2.48 bits per heavy atom. The average Bonchev–Trinajstić information content (AvgIpc) is 3.06. The van der Waals surface area contributed by atoms with Gasteiger partial charge < -0.3 is 9.80 Å². The van der Waals surface area contributed by atoms with Crippen molar-refractivity contribution in [2.45, 2.75) is 52.5 Å². The highest BCUT2D eigenvalue weighted by Crippen LogP contribution is 2.43. The first-order chi connectivity index (χ1) is 14.9. The van der Waals surface area contributed by atoms with Gasteiger partial charge in [0.05, 0.1) is 11.8 Å². The van der Waals surface area contributed by atoms with Crippen LogP contribution in [0.4, 0.5) is 0 Å². The Labute approximate surface area is 185 Å². The molecular weight excluding hydrogens is 388 g/mol. The molecule has 0 unspecified atom stereocenters. The average molecular weight is 423 g/mol. The number of carbonyl (C=O) groups excluding carboxylic acids is 2. The number of amides is 2. The second kappa shape index (κ2) is 8.85.